The van der Waals surface area contributed by atoms with Crippen LogP contribution < -0.4 is 10.6 Å². The monoisotopic (exact) mass is 481 g/mol. The number of halogens is 1. The van der Waals surface area contributed by atoms with Gasteiger partial charge in [-0.2, -0.15) is 0 Å². The quantitative estimate of drug-likeness (QED) is 0.355. The van der Waals surface area contributed by atoms with Crippen molar-refractivity contribution in [3.8, 4) is 0 Å². The van der Waals surface area contributed by atoms with Crippen LogP contribution in [0.4, 0.5) is 0 Å². The molecule has 1 aromatic rings. The summed E-state index contributed by atoms with van der Waals surface area (Å²) in [6.07, 6.45) is 3.29. The van der Waals surface area contributed by atoms with Gasteiger partial charge >= 0.3 is 0 Å². The maximum absolute atomic E-state index is 5.15. The van der Waals surface area contributed by atoms with E-state index in [1.165, 1.54) is 4.88 Å². The van der Waals surface area contributed by atoms with Crippen molar-refractivity contribution in [2.75, 3.05) is 46.9 Å². The summed E-state index contributed by atoms with van der Waals surface area (Å²) in [6.45, 7) is 9.13. The molecule has 0 spiro atoms. The highest BCUT2D eigenvalue weighted by atomic mass is 127. The maximum atomic E-state index is 5.15. The minimum absolute atomic E-state index is 0. The van der Waals surface area contributed by atoms with Crippen LogP contribution in [0, 0.1) is 13.8 Å². The first-order valence-electron chi connectivity index (χ1n) is 8.73. The number of hydrogen-bond donors (Lipinski definition) is 2. The lowest BCUT2D eigenvalue weighted by atomic mass is 10.1. The summed E-state index contributed by atoms with van der Waals surface area (Å²) in [7, 11) is 3.60. The second-order valence-electron chi connectivity index (χ2n) is 6.24. The summed E-state index contributed by atoms with van der Waals surface area (Å²) < 4.78 is 5.15. The molecule has 0 aliphatic carbocycles. The molecule has 1 aliphatic heterocycles. The number of hydrogen-bond acceptors (Lipinski definition) is 5. The van der Waals surface area contributed by atoms with Crippen molar-refractivity contribution in [2.45, 2.75) is 39.2 Å². The van der Waals surface area contributed by atoms with Gasteiger partial charge in [-0.3, -0.25) is 4.99 Å². The molecule has 2 N–H and O–H groups in total. The van der Waals surface area contributed by atoms with Crippen LogP contribution in [0.2, 0.25) is 0 Å². The zero-order valence-electron chi connectivity index (χ0n) is 15.8. The van der Waals surface area contributed by atoms with Crippen LogP contribution >= 0.6 is 35.3 Å². The Kier molecular flexibility index (Phi) is 10.9. The highest BCUT2D eigenvalue weighted by molar-refractivity contribution is 14.0. The Balaban J connectivity index is 0.00000312. The van der Waals surface area contributed by atoms with Gasteiger partial charge in [0.25, 0.3) is 0 Å². The van der Waals surface area contributed by atoms with Crippen LogP contribution in [-0.2, 0) is 11.2 Å². The molecule has 2 heterocycles. The number of rotatable bonds is 7. The van der Waals surface area contributed by atoms with Crippen molar-refractivity contribution in [2.24, 2.45) is 4.99 Å². The Morgan fingerprint density at radius 1 is 1.36 bits per heavy atom. The van der Waals surface area contributed by atoms with E-state index < -0.39 is 0 Å². The predicted molar refractivity (Wildman–Crippen MR) is 117 cm³/mol. The van der Waals surface area contributed by atoms with Crippen LogP contribution in [0.25, 0.3) is 0 Å². The lowest BCUT2D eigenvalue weighted by Gasteiger charge is -2.32. The van der Waals surface area contributed by atoms with Gasteiger partial charge < -0.3 is 20.3 Å². The van der Waals surface area contributed by atoms with E-state index in [9.17, 15) is 0 Å². The third-order valence-electron chi connectivity index (χ3n) is 4.41. The molecule has 8 heteroatoms. The molecule has 0 radical (unpaired) electrons. The molecule has 0 atom stereocenters. The Bertz CT molecular complexity index is 529. The zero-order valence-corrected chi connectivity index (χ0v) is 18.9. The number of methoxy groups -OCH3 is 1. The van der Waals surface area contributed by atoms with Gasteiger partial charge in [-0.25, -0.2) is 4.98 Å². The fourth-order valence-electron chi connectivity index (χ4n) is 3.01. The summed E-state index contributed by atoms with van der Waals surface area (Å²) in [5, 5.41) is 8.13. The Morgan fingerprint density at radius 2 is 2.08 bits per heavy atom. The molecule has 0 aromatic carbocycles. The second-order valence-corrected chi connectivity index (χ2v) is 7.53. The smallest absolute Gasteiger partial charge is 0.191 e. The van der Waals surface area contributed by atoms with Gasteiger partial charge in [0.15, 0.2) is 5.96 Å². The van der Waals surface area contributed by atoms with E-state index in [-0.39, 0.29) is 24.0 Å². The van der Waals surface area contributed by atoms with Gasteiger partial charge in [0.1, 0.15) is 0 Å². The fraction of sp³-hybridized carbons (Fsp3) is 0.765. The molecule has 1 aromatic heterocycles. The Hall–Kier alpha value is -0.450. The maximum Gasteiger partial charge on any atom is 0.191 e. The van der Waals surface area contributed by atoms with Crippen LogP contribution in [0.1, 0.15) is 28.4 Å². The van der Waals surface area contributed by atoms with Crippen LogP contribution in [0.15, 0.2) is 4.99 Å². The number of piperidine rings is 1. The van der Waals surface area contributed by atoms with Crippen molar-refractivity contribution in [3.05, 3.63) is 15.6 Å². The first-order chi connectivity index (χ1) is 11.6. The number of ether oxygens (including phenoxy) is 1. The minimum Gasteiger partial charge on any atom is -0.383 e. The van der Waals surface area contributed by atoms with Gasteiger partial charge in [-0.15, -0.1) is 35.3 Å². The summed E-state index contributed by atoms with van der Waals surface area (Å²) >= 11 is 1.79. The van der Waals surface area contributed by atoms with Gasteiger partial charge in [-0.1, -0.05) is 0 Å². The van der Waals surface area contributed by atoms with Gasteiger partial charge in [0, 0.05) is 57.7 Å². The molecule has 25 heavy (non-hydrogen) atoms. The largest absolute Gasteiger partial charge is 0.383 e. The van der Waals surface area contributed by atoms with Crippen molar-refractivity contribution >= 4 is 41.3 Å². The van der Waals surface area contributed by atoms with E-state index in [2.05, 4.69) is 39.4 Å². The van der Waals surface area contributed by atoms with Crippen molar-refractivity contribution in [1.82, 2.24) is 20.5 Å². The normalized spacial score (nSPS) is 16.6. The van der Waals surface area contributed by atoms with Crippen molar-refractivity contribution in [3.63, 3.8) is 0 Å². The molecule has 0 unspecified atom stereocenters. The van der Waals surface area contributed by atoms with Crippen molar-refractivity contribution in [1.29, 1.82) is 0 Å². The summed E-state index contributed by atoms with van der Waals surface area (Å²) in [5.74, 6) is 0.907. The average Bonchev–Trinajstić information content (AvgIpc) is 2.90. The molecule has 0 bridgehead atoms. The average molecular weight is 481 g/mol. The van der Waals surface area contributed by atoms with E-state index in [0.717, 1.165) is 68.7 Å². The second kappa shape index (κ2) is 12.0. The Labute approximate surface area is 172 Å². The number of aromatic nitrogens is 1. The molecule has 2 rings (SSSR count). The standard InChI is InChI=1S/C17H31N5OS.HI/c1-13-16(24-14(2)20-13)5-8-19-17(18-3)21-15-6-9-22(10-7-15)11-12-23-4;/h15H,5-12H2,1-4H3,(H2,18,19,21);1H. The van der Waals surface area contributed by atoms with Gasteiger partial charge in [0.05, 0.1) is 17.3 Å². The van der Waals surface area contributed by atoms with Gasteiger partial charge in [0.2, 0.25) is 0 Å². The lowest BCUT2D eigenvalue weighted by Crippen LogP contribution is -2.49. The minimum atomic E-state index is 0. The topological polar surface area (TPSA) is 61.8 Å². The highest BCUT2D eigenvalue weighted by Gasteiger charge is 2.19. The molecule has 6 nitrogen and oxygen atoms in total. The number of thiazole rings is 1. The molecule has 1 fully saturated rings. The number of likely N-dealkylation sites (tertiary alicyclic amines) is 1. The molecule has 0 saturated carbocycles. The summed E-state index contributed by atoms with van der Waals surface area (Å²) in [4.78, 5) is 12.7. The molecule has 1 saturated heterocycles. The summed E-state index contributed by atoms with van der Waals surface area (Å²) in [6, 6.07) is 0.502. The van der Waals surface area contributed by atoms with Crippen LogP contribution in [0.3, 0.4) is 0 Å². The number of nitrogens with zero attached hydrogens (tertiary/aromatic N) is 3. The number of aliphatic imine (C=N–C) groups is 1. The fourth-order valence-corrected chi connectivity index (χ4v) is 3.95. The predicted octanol–water partition coefficient (Wildman–Crippen LogP) is 2.20. The molecule has 0 amide bonds. The van der Waals surface area contributed by atoms with Crippen molar-refractivity contribution < 1.29 is 4.74 Å². The zero-order chi connectivity index (χ0) is 17.4. The highest BCUT2D eigenvalue weighted by Crippen LogP contribution is 2.17. The van der Waals surface area contributed by atoms with Gasteiger partial charge in [-0.05, 0) is 26.7 Å². The SMILES string of the molecule is CN=C(NCCc1sc(C)nc1C)NC1CCN(CCOC)CC1.I. The number of nitrogens with one attached hydrogen (secondary N) is 2. The van der Waals surface area contributed by atoms with E-state index >= 15 is 0 Å². The number of guanidine groups is 1. The third-order valence-corrected chi connectivity index (χ3v) is 5.54. The van der Waals surface area contributed by atoms with Crippen LogP contribution in [-0.4, -0.2) is 68.8 Å². The third kappa shape index (κ3) is 7.76. The lowest BCUT2D eigenvalue weighted by molar-refractivity contribution is 0.128. The first kappa shape index (κ1) is 22.6. The van der Waals surface area contributed by atoms with E-state index in [4.69, 9.17) is 4.74 Å². The van der Waals surface area contributed by atoms with Crippen LogP contribution in [0.5, 0.6) is 0 Å². The van der Waals surface area contributed by atoms with E-state index in [1.807, 2.05) is 7.05 Å². The van der Waals surface area contributed by atoms with E-state index in [0.29, 0.717) is 6.04 Å². The molecule has 144 valence electrons. The number of aryl methyl sites for hydroxylation is 2. The van der Waals surface area contributed by atoms with E-state index in [1.54, 1.807) is 18.4 Å². The molecular formula is C17H32IN5OS. The molecule has 1 aliphatic rings. The summed E-state index contributed by atoms with van der Waals surface area (Å²) in [5.41, 5.74) is 1.16. The first-order valence-corrected chi connectivity index (χ1v) is 9.55. The Morgan fingerprint density at radius 3 is 2.64 bits per heavy atom. The molecular weight excluding hydrogens is 449 g/mol.